The highest BCUT2D eigenvalue weighted by Crippen LogP contribution is 2.20. The highest BCUT2D eigenvalue weighted by atomic mass is 16.4. The summed E-state index contributed by atoms with van der Waals surface area (Å²) >= 11 is 0. The normalized spacial score (nSPS) is 23.8. The van der Waals surface area contributed by atoms with Crippen molar-refractivity contribution in [2.45, 2.75) is 26.3 Å². The third-order valence-corrected chi connectivity index (χ3v) is 2.16. The van der Waals surface area contributed by atoms with Gasteiger partial charge in [0.15, 0.2) is 0 Å². The van der Waals surface area contributed by atoms with E-state index in [0.717, 1.165) is 0 Å². The van der Waals surface area contributed by atoms with Gasteiger partial charge in [0, 0.05) is 12.6 Å². The molecule has 0 aromatic carbocycles. The minimum atomic E-state index is -0.997. The van der Waals surface area contributed by atoms with Crippen LogP contribution in [-0.2, 0) is 9.59 Å². The molecule has 1 N–H and O–H groups in total. The summed E-state index contributed by atoms with van der Waals surface area (Å²) in [7, 11) is 0. The highest BCUT2D eigenvalue weighted by Gasteiger charge is 2.37. The number of carbonyl (C=O) groups excluding carboxylic acids is 1. The van der Waals surface area contributed by atoms with E-state index in [-0.39, 0.29) is 11.9 Å². The number of carboxylic acids is 1. The standard InChI is InChI=1S/C8H13NO3/c1-5(2)9-4-3-6(7(9)10)8(11)12/h5-6H,3-4H2,1-2H3,(H,11,12). The Morgan fingerprint density at radius 1 is 1.67 bits per heavy atom. The van der Waals surface area contributed by atoms with Crippen LogP contribution in [0.2, 0.25) is 0 Å². The molecule has 1 atom stereocenters. The van der Waals surface area contributed by atoms with E-state index in [0.29, 0.717) is 13.0 Å². The third kappa shape index (κ3) is 1.42. The molecule has 1 rings (SSSR count). The molecule has 1 saturated heterocycles. The Balaban J connectivity index is 2.67. The van der Waals surface area contributed by atoms with Crippen molar-refractivity contribution in [1.29, 1.82) is 0 Å². The SMILES string of the molecule is CC(C)N1CCC(C(=O)O)C1=O. The van der Waals surface area contributed by atoms with Gasteiger partial charge in [-0.15, -0.1) is 0 Å². The average molecular weight is 171 g/mol. The number of carboxylic acid groups (broad SMARTS) is 1. The molecular weight excluding hydrogens is 158 g/mol. The summed E-state index contributed by atoms with van der Waals surface area (Å²) in [6, 6.07) is 0.113. The Kier molecular flexibility index (Phi) is 2.35. The van der Waals surface area contributed by atoms with Crippen molar-refractivity contribution in [3.05, 3.63) is 0 Å². The first-order chi connectivity index (χ1) is 5.54. The number of carbonyl (C=O) groups is 2. The number of nitrogens with zero attached hydrogens (tertiary/aromatic N) is 1. The number of likely N-dealkylation sites (tertiary alicyclic amines) is 1. The summed E-state index contributed by atoms with van der Waals surface area (Å²) in [6.45, 7) is 4.36. The predicted octanol–water partition coefficient (Wildman–Crippen LogP) is 0.328. The first-order valence-corrected chi connectivity index (χ1v) is 4.07. The molecule has 1 fully saturated rings. The van der Waals surface area contributed by atoms with Gasteiger partial charge in [-0.05, 0) is 20.3 Å². The summed E-state index contributed by atoms with van der Waals surface area (Å²) in [5.74, 6) is -2.03. The summed E-state index contributed by atoms with van der Waals surface area (Å²) in [6.07, 6.45) is 0.451. The Bertz CT molecular complexity index is 212. The number of rotatable bonds is 2. The topological polar surface area (TPSA) is 57.6 Å². The molecule has 12 heavy (non-hydrogen) atoms. The summed E-state index contributed by atoms with van der Waals surface area (Å²) in [5, 5.41) is 8.64. The van der Waals surface area contributed by atoms with Gasteiger partial charge in [0.1, 0.15) is 5.92 Å². The first-order valence-electron chi connectivity index (χ1n) is 4.07. The van der Waals surface area contributed by atoms with E-state index in [4.69, 9.17) is 5.11 Å². The third-order valence-electron chi connectivity index (χ3n) is 2.16. The average Bonchev–Trinajstić information content (AvgIpc) is 2.30. The maximum atomic E-state index is 11.3. The molecule has 1 amide bonds. The van der Waals surface area contributed by atoms with Crippen molar-refractivity contribution in [1.82, 2.24) is 4.90 Å². The van der Waals surface area contributed by atoms with Crippen LogP contribution in [-0.4, -0.2) is 34.5 Å². The fraction of sp³-hybridized carbons (Fsp3) is 0.750. The minimum absolute atomic E-state index is 0.113. The van der Waals surface area contributed by atoms with Crippen molar-refractivity contribution in [2.75, 3.05) is 6.54 Å². The zero-order valence-electron chi connectivity index (χ0n) is 7.28. The smallest absolute Gasteiger partial charge is 0.316 e. The second kappa shape index (κ2) is 3.13. The molecule has 1 unspecified atom stereocenters. The predicted molar refractivity (Wildman–Crippen MR) is 42.6 cm³/mol. The van der Waals surface area contributed by atoms with Crippen molar-refractivity contribution < 1.29 is 14.7 Å². The van der Waals surface area contributed by atoms with Crippen LogP contribution in [0.4, 0.5) is 0 Å². The molecular formula is C8H13NO3. The maximum absolute atomic E-state index is 11.3. The van der Waals surface area contributed by atoms with Crippen LogP contribution in [0, 0.1) is 5.92 Å². The van der Waals surface area contributed by atoms with Gasteiger partial charge >= 0.3 is 5.97 Å². The van der Waals surface area contributed by atoms with Gasteiger partial charge in [-0.3, -0.25) is 9.59 Å². The van der Waals surface area contributed by atoms with Gasteiger partial charge in [-0.1, -0.05) is 0 Å². The fourth-order valence-electron chi connectivity index (χ4n) is 1.44. The highest BCUT2D eigenvalue weighted by molar-refractivity contribution is 5.98. The van der Waals surface area contributed by atoms with E-state index < -0.39 is 11.9 Å². The lowest BCUT2D eigenvalue weighted by Crippen LogP contribution is -2.35. The van der Waals surface area contributed by atoms with Crippen molar-refractivity contribution in [3.8, 4) is 0 Å². The molecule has 1 heterocycles. The molecule has 1 aliphatic rings. The van der Waals surface area contributed by atoms with Crippen molar-refractivity contribution >= 4 is 11.9 Å². The molecule has 0 bridgehead atoms. The van der Waals surface area contributed by atoms with Crippen LogP contribution in [0.1, 0.15) is 20.3 Å². The number of hydrogen-bond acceptors (Lipinski definition) is 2. The second-order valence-corrected chi connectivity index (χ2v) is 3.30. The summed E-state index contributed by atoms with van der Waals surface area (Å²) in [4.78, 5) is 23.5. The van der Waals surface area contributed by atoms with Crippen LogP contribution in [0.15, 0.2) is 0 Å². The molecule has 0 aromatic heterocycles. The quantitative estimate of drug-likeness (QED) is 0.609. The zero-order valence-corrected chi connectivity index (χ0v) is 7.28. The van der Waals surface area contributed by atoms with E-state index >= 15 is 0 Å². The van der Waals surface area contributed by atoms with Crippen LogP contribution >= 0.6 is 0 Å². The second-order valence-electron chi connectivity index (χ2n) is 3.30. The lowest BCUT2D eigenvalue weighted by Gasteiger charge is -2.20. The molecule has 4 nitrogen and oxygen atoms in total. The molecule has 1 aliphatic heterocycles. The van der Waals surface area contributed by atoms with Crippen molar-refractivity contribution in [2.24, 2.45) is 5.92 Å². The first kappa shape index (κ1) is 9.03. The van der Waals surface area contributed by atoms with E-state index in [9.17, 15) is 9.59 Å². The van der Waals surface area contributed by atoms with Gasteiger partial charge in [0.25, 0.3) is 0 Å². The van der Waals surface area contributed by atoms with E-state index in [1.807, 2.05) is 13.8 Å². The zero-order chi connectivity index (χ0) is 9.30. The van der Waals surface area contributed by atoms with Gasteiger partial charge in [-0.25, -0.2) is 0 Å². The largest absolute Gasteiger partial charge is 0.481 e. The Morgan fingerprint density at radius 3 is 2.50 bits per heavy atom. The molecule has 68 valence electrons. The van der Waals surface area contributed by atoms with E-state index in [1.54, 1.807) is 4.90 Å². The number of aliphatic carboxylic acids is 1. The number of hydrogen-bond donors (Lipinski definition) is 1. The molecule has 4 heteroatoms. The molecule has 0 radical (unpaired) electrons. The van der Waals surface area contributed by atoms with Crippen LogP contribution in [0.3, 0.4) is 0 Å². The molecule has 0 spiro atoms. The van der Waals surface area contributed by atoms with E-state index in [2.05, 4.69) is 0 Å². The maximum Gasteiger partial charge on any atom is 0.316 e. The van der Waals surface area contributed by atoms with Crippen LogP contribution in [0.25, 0.3) is 0 Å². The monoisotopic (exact) mass is 171 g/mol. The van der Waals surface area contributed by atoms with Crippen LogP contribution < -0.4 is 0 Å². The molecule has 0 saturated carbocycles. The van der Waals surface area contributed by atoms with Crippen LogP contribution in [0.5, 0.6) is 0 Å². The van der Waals surface area contributed by atoms with Gasteiger partial charge in [0.2, 0.25) is 5.91 Å². The Hall–Kier alpha value is -1.06. The van der Waals surface area contributed by atoms with E-state index in [1.165, 1.54) is 0 Å². The lowest BCUT2D eigenvalue weighted by atomic mass is 10.1. The van der Waals surface area contributed by atoms with Gasteiger partial charge in [-0.2, -0.15) is 0 Å². The summed E-state index contributed by atoms with van der Waals surface area (Å²) in [5.41, 5.74) is 0. The fourth-order valence-corrected chi connectivity index (χ4v) is 1.44. The number of amides is 1. The molecule has 0 aromatic rings. The molecule has 0 aliphatic carbocycles. The van der Waals surface area contributed by atoms with Gasteiger partial charge < -0.3 is 10.0 Å². The lowest BCUT2D eigenvalue weighted by molar-refractivity contribution is -0.147. The summed E-state index contributed by atoms with van der Waals surface area (Å²) < 4.78 is 0. The Morgan fingerprint density at radius 2 is 2.25 bits per heavy atom. The van der Waals surface area contributed by atoms with Crippen molar-refractivity contribution in [3.63, 3.8) is 0 Å². The van der Waals surface area contributed by atoms with Gasteiger partial charge in [0.05, 0.1) is 0 Å². The Labute approximate surface area is 71.2 Å². The minimum Gasteiger partial charge on any atom is -0.481 e.